The van der Waals surface area contributed by atoms with Gasteiger partial charge in [-0.1, -0.05) is 0 Å². The van der Waals surface area contributed by atoms with Crippen LogP contribution in [0.5, 0.6) is 0 Å². The van der Waals surface area contributed by atoms with E-state index in [1.54, 1.807) is 0 Å². The molecule has 5 nitrogen and oxygen atoms in total. The third kappa shape index (κ3) is 4.09. The molecular formula is C9H15NO4S. The first-order chi connectivity index (χ1) is 7.13. The standard InChI is InChI=1S/C9H15NO4S/c1-6(11)10-8(5-15)9(12)14-7-2-3-13-4-7/h7-8,15H,2-5H2,1H3,(H,10,11)/t7?,8-/m0/s1. The molecule has 0 aromatic heterocycles. The lowest BCUT2D eigenvalue weighted by atomic mass is 10.3. The molecule has 1 fully saturated rings. The Morgan fingerprint density at radius 1 is 1.67 bits per heavy atom. The molecule has 0 saturated carbocycles. The zero-order valence-corrected chi connectivity index (χ0v) is 9.46. The normalized spacial score (nSPS) is 22.1. The van der Waals surface area contributed by atoms with Gasteiger partial charge in [-0.05, 0) is 0 Å². The summed E-state index contributed by atoms with van der Waals surface area (Å²) in [6, 6.07) is -0.675. The molecule has 1 unspecified atom stereocenters. The fourth-order valence-electron chi connectivity index (χ4n) is 1.28. The lowest BCUT2D eigenvalue weighted by Gasteiger charge is -2.17. The highest BCUT2D eigenvalue weighted by Crippen LogP contribution is 2.09. The van der Waals surface area contributed by atoms with E-state index in [2.05, 4.69) is 17.9 Å². The van der Waals surface area contributed by atoms with Crippen molar-refractivity contribution in [2.24, 2.45) is 0 Å². The highest BCUT2D eigenvalue weighted by Gasteiger charge is 2.25. The number of carbonyl (C=O) groups excluding carboxylic acids is 2. The SMILES string of the molecule is CC(=O)N[C@@H](CS)C(=O)OC1CCOC1. The summed E-state index contributed by atoms with van der Waals surface area (Å²) < 4.78 is 10.2. The lowest BCUT2D eigenvalue weighted by molar-refractivity contribution is -0.152. The molecule has 1 aliphatic rings. The van der Waals surface area contributed by atoms with Crippen LogP contribution >= 0.6 is 12.6 Å². The second kappa shape index (κ2) is 5.97. The highest BCUT2D eigenvalue weighted by atomic mass is 32.1. The van der Waals surface area contributed by atoms with E-state index >= 15 is 0 Å². The van der Waals surface area contributed by atoms with Crippen LogP contribution in [0.2, 0.25) is 0 Å². The summed E-state index contributed by atoms with van der Waals surface area (Å²) in [4.78, 5) is 22.3. The Kier molecular flexibility index (Phi) is 4.90. The average molecular weight is 233 g/mol. The maximum absolute atomic E-state index is 11.5. The number of esters is 1. The van der Waals surface area contributed by atoms with Crippen molar-refractivity contribution < 1.29 is 19.1 Å². The van der Waals surface area contributed by atoms with Gasteiger partial charge in [0.15, 0.2) is 0 Å². The number of carbonyl (C=O) groups is 2. The van der Waals surface area contributed by atoms with Crippen molar-refractivity contribution >= 4 is 24.5 Å². The number of amides is 1. The number of ether oxygens (including phenoxy) is 2. The molecule has 2 atom stereocenters. The van der Waals surface area contributed by atoms with Crippen LogP contribution in [0.15, 0.2) is 0 Å². The first-order valence-corrected chi connectivity index (χ1v) is 5.43. The van der Waals surface area contributed by atoms with Gasteiger partial charge in [-0.15, -0.1) is 0 Å². The van der Waals surface area contributed by atoms with Crippen LogP contribution in [0, 0.1) is 0 Å². The summed E-state index contributed by atoms with van der Waals surface area (Å²) in [7, 11) is 0. The second-order valence-electron chi connectivity index (χ2n) is 3.36. The van der Waals surface area contributed by atoms with Gasteiger partial charge in [-0.2, -0.15) is 12.6 Å². The van der Waals surface area contributed by atoms with Crippen LogP contribution in [0.1, 0.15) is 13.3 Å². The zero-order chi connectivity index (χ0) is 11.3. The van der Waals surface area contributed by atoms with Crippen molar-refractivity contribution in [2.45, 2.75) is 25.5 Å². The molecular weight excluding hydrogens is 218 g/mol. The minimum absolute atomic E-state index is 0.186. The van der Waals surface area contributed by atoms with Crippen molar-refractivity contribution in [3.63, 3.8) is 0 Å². The summed E-state index contributed by atoms with van der Waals surface area (Å²) in [5.41, 5.74) is 0. The van der Waals surface area contributed by atoms with Crippen LogP contribution in [0.3, 0.4) is 0 Å². The zero-order valence-electron chi connectivity index (χ0n) is 8.56. The van der Waals surface area contributed by atoms with Crippen molar-refractivity contribution in [1.29, 1.82) is 0 Å². The number of thiol groups is 1. The summed E-state index contributed by atoms with van der Waals surface area (Å²) >= 11 is 3.98. The molecule has 86 valence electrons. The summed E-state index contributed by atoms with van der Waals surface area (Å²) in [5, 5.41) is 2.47. The van der Waals surface area contributed by atoms with Crippen LogP contribution in [-0.2, 0) is 19.1 Å². The number of hydrogen-bond donors (Lipinski definition) is 2. The van der Waals surface area contributed by atoms with Crippen molar-refractivity contribution in [3.05, 3.63) is 0 Å². The molecule has 1 aliphatic heterocycles. The van der Waals surface area contributed by atoms with E-state index in [-0.39, 0.29) is 17.8 Å². The predicted molar refractivity (Wildman–Crippen MR) is 56.8 cm³/mol. The molecule has 6 heteroatoms. The Labute approximate surface area is 93.9 Å². The molecule has 0 radical (unpaired) electrons. The Balaban J connectivity index is 2.38. The van der Waals surface area contributed by atoms with E-state index in [4.69, 9.17) is 9.47 Å². The fourth-order valence-corrected chi connectivity index (χ4v) is 1.52. The first kappa shape index (κ1) is 12.3. The quantitative estimate of drug-likeness (QED) is 0.519. The molecule has 15 heavy (non-hydrogen) atoms. The third-order valence-corrected chi connectivity index (χ3v) is 2.38. The Morgan fingerprint density at radius 2 is 2.40 bits per heavy atom. The van der Waals surface area contributed by atoms with E-state index in [1.807, 2.05) is 0 Å². The largest absolute Gasteiger partial charge is 0.458 e. The minimum Gasteiger partial charge on any atom is -0.458 e. The predicted octanol–water partition coefficient (Wildman–Crippen LogP) is -0.247. The van der Waals surface area contributed by atoms with Gasteiger partial charge in [-0.3, -0.25) is 4.79 Å². The van der Waals surface area contributed by atoms with Crippen molar-refractivity contribution in [2.75, 3.05) is 19.0 Å². The van der Waals surface area contributed by atoms with E-state index in [1.165, 1.54) is 6.92 Å². The van der Waals surface area contributed by atoms with E-state index < -0.39 is 12.0 Å². The molecule has 1 heterocycles. The third-order valence-electron chi connectivity index (χ3n) is 2.02. The molecule has 0 aromatic rings. The van der Waals surface area contributed by atoms with Crippen LogP contribution < -0.4 is 5.32 Å². The van der Waals surface area contributed by atoms with E-state index in [9.17, 15) is 9.59 Å². The average Bonchev–Trinajstić information content (AvgIpc) is 2.66. The minimum atomic E-state index is -0.675. The molecule has 1 rings (SSSR count). The van der Waals surface area contributed by atoms with Gasteiger partial charge >= 0.3 is 5.97 Å². The Morgan fingerprint density at radius 3 is 2.87 bits per heavy atom. The van der Waals surface area contributed by atoms with Gasteiger partial charge in [0.1, 0.15) is 12.1 Å². The molecule has 0 aromatic carbocycles. The maximum atomic E-state index is 11.5. The lowest BCUT2D eigenvalue weighted by Crippen LogP contribution is -2.43. The van der Waals surface area contributed by atoms with Crippen LogP contribution in [0.25, 0.3) is 0 Å². The molecule has 1 saturated heterocycles. The van der Waals surface area contributed by atoms with Gasteiger partial charge in [0.2, 0.25) is 5.91 Å². The molecule has 0 spiro atoms. The molecule has 0 bridgehead atoms. The highest BCUT2D eigenvalue weighted by molar-refractivity contribution is 7.80. The number of nitrogens with one attached hydrogen (secondary N) is 1. The molecule has 0 aliphatic carbocycles. The van der Waals surface area contributed by atoms with Crippen molar-refractivity contribution in [3.8, 4) is 0 Å². The first-order valence-electron chi connectivity index (χ1n) is 4.79. The van der Waals surface area contributed by atoms with E-state index in [0.717, 1.165) is 0 Å². The smallest absolute Gasteiger partial charge is 0.329 e. The van der Waals surface area contributed by atoms with Crippen LogP contribution in [0.4, 0.5) is 0 Å². The summed E-state index contributed by atoms with van der Waals surface area (Å²) in [6.45, 7) is 2.40. The molecule has 1 N–H and O–H groups in total. The van der Waals surface area contributed by atoms with Gasteiger partial charge < -0.3 is 14.8 Å². The van der Waals surface area contributed by atoms with E-state index in [0.29, 0.717) is 19.6 Å². The van der Waals surface area contributed by atoms with Gasteiger partial charge in [0.25, 0.3) is 0 Å². The monoisotopic (exact) mass is 233 g/mol. The van der Waals surface area contributed by atoms with Gasteiger partial charge in [0.05, 0.1) is 13.2 Å². The number of rotatable bonds is 4. The van der Waals surface area contributed by atoms with Crippen LogP contribution in [-0.4, -0.2) is 43.0 Å². The van der Waals surface area contributed by atoms with Gasteiger partial charge in [-0.25, -0.2) is 4.79 Å². The Hall–Kier alpha value is -0.750. The molecule has 1 amide bonds. The fraction of sp³-hybridized carbons (Fsp3) is 0.778. The second-order valence-corrected chi connectivity index (χ2v) is 3.72. The summed E-state index contributed by atoms with van der Waals surface area (Å²) in [6.07, 6.45) is 0.527. The Bertz CT molecular complexity index is 240. The van der Waals surface area contributed by atoms with Gasteiger partial charge in [0, 0.05) is 19.1 Å². The topological polar surface area (TPSA) is 64.6 Å². The maximum Gasteiger partial charge on any atom is 0.329 e. The summed E-state index contributed by atoms with van der Waals surface area (Å²) in [5.74, 6) is -0.490. The number of hydrogen-bond acceptors (Lipinski definition) is 5. The van der Waals surface area contributed by atoms with Crippen molar-refractivity contribution in [1.82, 2.24) is 5.32 Å².